The van der Waals surface area contributed by atoms with Crippen LogP contribution >= 0.6 is 11.6 Å². The van der Waals surface area contributed by atoms with Gasteiger partial charge in [-0.2, -0.15) is 0 Å². The van der Waals surface area contributed by atoms with Crippen LogP contribution in [0.25, 0.3) is 0 Å². The number of aryl methyl sites for hydroxylation is 1. The molecule has 0 radical (unpaired) electrons. The van der Waals surface area contributed by atoms with E-state index in [-0.39, 0.29) is 5.24 Å². The average molecular weight is 267 g/mol. The molecule has 18 heavy (non-hydrogen) atoms. The minimum absolute atomic E-state index is 0.339. The summed E-state index contributed by atoms with van der Waals surface area (Å²) in [6, 6.07) is 7.66. The first kappa shape index (κ1) is 15.2. The van der Waals surface area contributed by atoms with Crippen LogP contribution in [0.4, 0.5) is 0 Å². The van der Waals surface area contributed by atoms with Gasteiger partial charge in [0.25, 0.3) is 5.24 Å². The van der Waals surface area contributed by atoms with Crippen molar-refractivity contribution >= 4 is 16.8 Å². The molecule has 2 heteroatoms. The number of unbranched alkanes of at least 4 members (excludes halogenated alkanes) is 6. The monoisotopic (exact) mass is 266 g/mol. The van der Waals surface area contributed by atoms with Crippen molar-refractivity contribution in [2.75, 3.05) is 0 Å². The molecule has 0 aliphatic heterocycles. The molecule has 1 nitrogen and oxygen atoms in total. The van der Waals surface area contributed by atoms with Gasteiger partial charge in [0.15, 0.2) is 0 Å². The Labute approximate surface area is 116 Å². The Morgan fingerprint density at radius 1 is 1.00 bits per heavy atom. The first-order valence-corrected chi connectivity index (χ1v) is 7.41. The van der Waals surface area contributed by atoms with Crippen LogP contribution in [0.5, 0.6) is 0 Å². The molecule has 100 valence electrons. The summed E-state index contributed by atoms with van der Waals surface area (Å²) in [6.07, 6.45) is 9.99. The fourth-order valence-corrected chi connectivity index (χ4v) is 2.39. The van der Waals surface area contributed by atoms with E-state index in [1.165, 1.54) is 38.5 Å². The fourth-order valence-electron chi connectivity index (χ4n) is 2.20. The van der Waals surface area contributed by atoms with Crippen molar-refractivity contribution in [1.82, 2.24) is 0 Å². The lowest BCUT2D eigenvalue weighted by Gasteiger charge is -2.05. The predicted molar refractivity (Wildman–Crippen MR) is 78.3 cm³/mol. The molecule has 1 aromatic rings. The summed E-state index contributed by atoms with van der Waals surface area (Å²) in [5.74, 6) is 0. The Hall–Kier alpha value is -0.820. The largest absolute Gasteiger partial charge is 0.276 e. The Kier molecular flexibility index (Phi) is 7.75. The molecular weight excluding hydrogens is 244 g/mol. The van der Waals surface area contributed by atoms with E-state index in [0.29, 0.717) is 5.56 Å². The lowest BCUT2D eigenvalue weighted by molar-refractivity contribution is 0.108. The zero-order valence-electron chi connectivity index (χ0n) is 11.3. The molecule has 0 aliphatic rings. The molecule has 0 heterocycles. The number of carbonyl (C=O) groups excluding carboxylic acids is 1. The first-order chi connectivity index (χ1) is 8.75. The second-order valence-electron chi connectivity index (χ2n) is 4.80. The highest BCUT2D eigenvalue weighted by Crippen LogP contribution is 2.16. The minimum Gasteiger partial charge on any atom is -0.276 e. The van der Waals surface area contributed by atoms with Crippen molar-refractivity contribution in [1.29, 1.82) is 0 Å². The second kappa shape index (κ2) is 9.16. The lowest BCUT2D eigenvalue weighted by Crippen LogP contribution is -1.97. The van der Waals surface area contributed by atoms with Crippen LogP contribution in [0.15, 0.2) is 24.3 Å². The van der Waals surface area contributed by atoms with Crippen LogP contribution in [-0.2, 0) is 6.42 Å². The molecule has 0 N–H and O–H groups in total. The molecule has 1 rings (SSSR count). The zero-order chi connectivity index (χ0) is 13.2. The van der Waals surface area contributed by atoms with Crippen molar-refractivity contribution < 1.29 is 4.79 Å². The maximum atomic E-state index is 11.2. The molecule has 0 atom stereocenters. The van der Waals surface area contributed by atoms with Gasteiger partial charge in [-0.3, -0.25) is 4.79 Å². The van der Waals surface area contributed by atoms with Crippen LogP contribution in [-0.4, -0.2) is 5.24 Å². The molecular formula is C16H23ClO. The normalized spacial score (nSPS) is 10.6. The van der Waals surface area contributed by atoms with E-state index in [2.05, 4.69) is 6.92 Å². The van der Waals surface area contributed by atoms with E-state index in [1.54, 1.807) is 0 Å². The van der Waals surface area contributed by atoms with Crippen molar-refractivity contribution in [3.05, 3.63) is 35.4 Å². The van der Waals surface area contributed by atoms with E-state index in [4.69, 9.17) is 11.6 Å². The maximum Gasteiger partial charge on any atom is 0.252 e. The number of benzene rings is 1. The topological polar surface area (TPSA) is 17.1 Å². The predicted octanol–water partition coefficient (Wildman–Crippen LogP) is 5.36. The van der Waals surface area contributed by atoms with E-state index in [1.807, 2.05) is 24.3 Å². The number of hydrogen-bond acceptors (Lipinski definition) is 1. The van der Waals surface area contributed by atoms with Crippen LogP contribution in [0.1, 0.15) is 67.8 Å². The standard InChI is InChI=1S/C16H23ClO/c1-2-3-4-5-6-7-8-11-14-12-9-10-13-15(14)16(17)18/h9-10,12-13H,2-8,11H2,1H3. The number of hydrogen-bond donors (Lipinski definition) is 0. The highest BCUT2D eigenvalue weighted by atomic mass is 35.5. The van der Waals surface area contributed by atoms with E-state index in [0.717, 1.165) is 18.4 Å². The van der Waals surface area contributed by atoms with Gasteiger partial charge in [0.2, 0.25) is 0 Å². The van der Waals surface area contributed by atoms with Gasteiger partial charge in [0, 0.05) is 5.56 Å². The Balaban J connectivity index is 2.25. The third-order valence-corrected chi connectivity index (χ3v) is 3.48. The van der Waals surface area contributed by atoms with Gasteiger partial charge < -0.3 is 0 Å². The molecule has 0 saturated carbocycles. The summed E-state index contributed by atoms with van der Waals surface area (Å²) in [5.41, 5.74) is 1.76. The van der Waals surface area contributed by atoms with Crippen molar-refractivity contribution in [2.45, 2.75) is 58.3 Å². The number of carbonyl (C=O) groups is 1. The average Bonchev–Trinajstić information content (AvgIpc) is 2.38. The van der Waals surface area contributed by atoms with Crippen LogP contribution < -0.4 is 0 Å². The minimum atomic E-state index is -0.339. The maximum absolute atomic E-state index is 11.2. The van der Waals surface area contributed by atoms with Gasteiger partial charge in [0.05, 0.1) is 0 Å². The summed E-state index contributed by atoms with van der Waals surface area (Å²) in [4.78, 5) is 11.2. The van der Waals surface area contributed by atoms with Crippen molar-refractivity contribution in [2.24, 2.45) is 0 Å². The summed E-state index contributed by atoms with van der Waals surface area (Å²) in [5, 5.41) is -0.339. The molecule has 0 spiro atoms. The smallest absolute Gasteiger partial charge is 0.252 e. The SMILES string of the molecule is CCCCCCCCCc1ccccc1C(=O)Cl. The fraction of sp³-hybridized carbons (Fsp3) is 0.562. The molecule has 0 aliphatic carbocycles. The van der Waals surface area contributed by atoms with Crippen LogP contribution in [0.2, 0.25) is 0 Å². The van der Waals surface area contributed by atoms with E-state index >= 15 is 0 Å². The van der Waals surface area contributed by atoms with Crippen molar-refractivity contribution in [3.63, 3.8) is 0 Å². The number of rotatable bonds is 9. The van der Waals surface area contributed by atoms with Gasteiger partial charge in [-0.15, -0.1) is 0 Å². The quantitative estimate of drug-likeness (QED) is 0.434. The van der Waals surface area contributed by atoms with Gasteiger partial charge in [-0.25, -0.2) is 0 Å². The van der Waals surface area contributed by atoms with E-state index in [9.17, 15) is 4.79 Å². The third kappa shape index (κ3) is 5.68. The third-order valence-electron chi connectivity index (χ3n) is 3.28. The zero-order valence-corrected chi connectivity index (χ0v) is 12.0. The van der Waals surface area contributed by atoms with Gasteiger partial charge in [-0.05, 0) is 36.1 Å². The first-order valence-electron chi connectivity index (χ1n) is 7.03. The number of halogens is 1. The van der Waals surface area contributed by atoms with Crippen LogP contribution in [0.3, 0.4) is 0 Å². The molecule has 0 unspecified atom stereocenters. The highest BCUT2D eigenvalue weighted by Gasteiger charge is 2.07. The highest BCUT2D eigenvalue weighted by molar-refractivity contribution is 6.67. The molecule has 0 fully saturated rings. The molecule has 0 bridgehead atoms. The Morgan fingerprint density at radius 3 is 2.28 bits per heavy atom. The summed E-state index contributed by atoms with van der Waals surface area (Å²) in [6.45, 7) is 2.24. The molecule has 1 aromatic carbocycles. The molecule has 0 amide bonds. The molecule has 0 aromatic heterocycles. The van der Waals surface area contributed by atoms with Gasteiger partial charge in [0.1, 0.15) is 0 Å². The van der Waals surface area contributed by atoms with Crippen LogP contribution in [0, 0.1) is 0 Å². The summed E-state index contributed by atoms with van der Waals surface area (Å²) in [7, 11) is 0. The van der Waals surface area contributed by atoms with Gasteiger partial charge in [-0.1, -0.05) is 63.6 Å². The van der Waals surface area contributed by atoms with E-state index < -0.39 is 0 Å². The summed E-state index contributed by atoms with van der Waals surface area (Å²) < 4.78 is 0. The molecule has 0 saturated heterocycles. The summed E-state index contributed by atoms with van der Waals surface area (Å²) >= 11 is 5.57. The Morgan fingerprint density at radius 2 is 1.61 bits per heavy atom. The van der Waals surface area contributed by atoms with Crippen molar-refractivity contribution in [3.8, 4) is 0 Å². The second-order valence-corrected chi connectivity index (χ2v) is 5.15. The Bertz CT molecular complexity index is 360. The van der Waals surface area contributed by atoms with Gasteiger partial charge >= 0.3 is 0 Å². The lowest BCUT2D eigenvalue weighted by atomic mass is 10.0.